The van der Waals surface area contributed by atoms with Crippen LogP contribution in [-0.4, -0.2) is 43.6 Å². The molecule has 1 N–H and O–H groups in total. The summed E-state index contributed by atoms with van der Waals surface area (Å²) in [5, 5.41) is 5.28. The van der Waals surface area contributed by atoms with Crippen molar-refractivity contribution in [2.75, 3.05) is 42.5 Å². The van der Waals surface area contributed by atoms with E-state index in [9.17, 15) is 4.79 Å². The number of hydrogen-bond donors (Lipinski definition) is 1. The molecule has 33 heavy (non-hydrogen) atoms. The zero-order chi connectivity index (χ0) is 22.5. The molecule has 1 fully saturated rings. The summed E-state index contributed by atoms with van der Waals surface area (Å²) in [5.41, 5.74) is 3.46. The van der Waals surface area contributed by atoms with Crippen LogP contribution < -0.4 is 15.1 Å². The van der Waals surface area contributed by atoms with Gasteiger partial charge in [-0.15, -0.1) is 0 Å². The first-order valence-electron chi connectivity index (χ1n) is 12.2. The number of fused-ring (bicyclic) bond motifs is 1. The minimum absolute atomic E-state index is 0.00277. The summed E-state index contributed by atoms with van der Waals surface area (Å²) in [6.07, 6.45) is 10.1. The van der Waals surface area contributed by atoms with Crippen molar-refractivity contribution < 1.29 is 4.79 Å². The molecule has 5 nitrogen and oxygen atoms in total. The number of nitrogens with one attached hydrogen (secondary N) is 1. The van der Waals surface area contributed by atoms with E-state index in [2.05, 4.69) is 51.5 Å². The van der Waals surface area contributed by atoms with Gasteiger partial charge in [0.1, 0.15) is 5.82 Å². The SMILES string of the molecule is O=C(NCCC1=CCCCC1)c1ccc2ccnc(N3CCN(c4ccccc4)CC3)c2c1. The molecule has 170 valence electrons. The van der Waals surface area contributed by atoms with Crippen LogP contribution in [0.5, 0.6) is 0 Å². The molecular formula is C28H32N4O. The third-order valence-corrected chi connectivity index (χ3v) is 6.82. The van der Waals surface area contributed by atoms with Crippen LogP contribution in [0.1, 0.15) is 42.5 Å². The Morgan fingerprint density at radius 1 is 0.939 bits per heavy atom. The van der Waals surface area contributed by atoms with Gasteiger partial charge >= 0.3 is 0 Å². The summed E-state index contributed by atoms with van der Waals surface area (Å²) < 4.78 is 0. The molecule has 1 amide bonds. The number of benzene rings is 2. The summed E-state index contributed by atoms with van der Waals surface area (Å²) in [7, 11) is 0. The topological polar surface area (TPSA) is 48.5 Å². The van der Waals surface area contributed by atoms with Crippen LogP contribution in [0.3, 0.4) is 0 Å². The van der Waals surface area contributed by atoms with E-state index in [1.54, 1.807) is 0 Å². The molecule has 0 radical (unpaired) electrons. The van der Waals surface area contributed by atoms with Gasteiger partial charge in [-0.1, -0.05) is 35.9 Å². The Labute approximate surface area is 196 Å². The van der Waals surface area contributed by atoms with Gasteiger partial charge < -0.3 is 15.1 Å². The molecule has 0 atom stereocenters. The highest BCUT2D eigenvalue weighted by Crippen LogP contribution is 2.27. The summed E-state index contributed by atoms with van der Waals surface area (Å²) in [4.78, 5) is 22.3. The average molecular weight is 441 g/mol. The second-order valence-electron chi connectivity index (χ2n) is 8.99. The number of carbonyl (C=O) groups excluding carboxylic acids is 1. The maximum Gasteiger partial charge on any atom is 0.251 e. The monoisotopic (exact) mass is 440 g/mol. The molecule has 1 aliphatic carbocycles. The van der Waals surface area contributed by atoms with E-state index in [-0.39, 0.29) is 5.91 Å². The fourth-order valence-corrected chi connectivity index (χ4v) is 4.93. The highest BCUT2D eigenvalue weighted by molar-refractivity contribution is 6.01. The van der Waals surface area contributed by atoms with E-state index in [1.165, 1.54) is 36.9 Å². The van der Waals surface area contributed by atoms with Crippen LogP contribution in [0, 0.1) is 0 Å². The zero-order valence-electron chi connectivity index (χ0n) is 19.2. The van der Waals surface area contributed by atoms with Gasteiger partial charge in [-0.3, -0.25) is 4.79 Å². The minimum atomic E-state index is -0.00277. The second-order valence-corrected chi connectivity index (χ2v) is 8.99. The largest absolute Gasteiger partial charge is 0.368 e. The first kappa shape index (κ1) is 21.5. The maximum absolute atomic E-state index is 12.8. The molecule has 1 aromatic heterocycles. The van der Waals surface area contributed by atoms with Crippen molar-refractivity contribution >= 4 is 28.2 Å². The first-order valence-corrected chi connectivity index (χ1v) is 12.2. The number of rotatable bonds is 6. The second kappa shape index (κ2) is 10.1. The molecule has 5 rings (SSSR count). The lowest BCUT2D eigenvalue weighted by Crippen LogP contribution is -2.46. The van der Waals surface area contributed by atoms with Crippen molar-refractivity contribution in [2.24, 2.45) is 0 Å². The van der Waals surface area contributed by atoms with Gasteiger partial charge in [0.05, 0.1) is 0 Å². The predicted molar refractivity (Wildman–Crippen MR) is 136 cm³/mol. The standard InChI is InChI=1S/C28H32N4O/c33-28(30-15-13-22-7-3-1-4-8-22)24-12-11-23-14-16-29-27(26(23)21-24)32-19-17-31(18-20-32)25-9-5-2-6-10-25/h2,5-7,9-12,14,16,21H,1,3-4,8,13,15,17-20H2,(H,30,33). The van der Waals surface area contributed by atoms with Crippen LogP contribution in [-0.2, 0) is 0 Å². The molecule has 0 spiro atoms. The normalized spacial score (nSPS) is 16.5. The van der Waals surface area contributed by atoms with Gasteiger partial charge in [0.15, 0.2) is 0 Å². The molecule has 1 aliphatic heterocycles. The Kier molecular flexibility index (Phi) is 6.56. The molecular weight excluding hydrogens is 408 g/mol. The number of amides is 1. The number of nitrogens with zero attached hydrogens (tertiary/aromatic N) is 3. The Morgan fingerprint density at radius 2 is 1.76 bits per heavy atom. The van der Waals surface area contributed by atoms with E-state index in [1.807, 2.05) is 30.5 Å². The van der Waals surface area contributed by atoms with Gasteiger partial charge in [0, 0.05) is 55.6 Å². The van der Waals surface area contributed by atoms with Gasteiger partial charge in [-0.2, -0.15) is 0 Å². The van der Waals surface area contributed by atoms with Gasteiger partial charge in [-0.05, 0) is 67.8 Å². The predicted octanol–water partition coefficient (Wildman–Crippen LogP) is 5.18. The van der Waals surface area contributed by atoms with E-state index < -0.39 is 0 Å². The fourth-order valence-electron chi connectivity index (χ4n) is 4.93. The number of aromatic nitrogens is 1. The Balaban J connectivity index is 1.27. The number of para-hydroxylation sites is 1. The third-order valence-electron chi connectivity index (χ3n) is 6.82. The lowest BCUT2D eigenvalue weighted by molar-refractivity contribution is 0.0954. The molecule has 2 heterocycles. The summed E-state index contributed by atoms with van der Waals surface area (Å²) in [5.74, 6) is 0.972. The quantitative estimate of drug-likeness (QED) is 0.537. The van der Waals surface area contributed by atoms with Crippen LogP contribution >= 0.6 is 0 Å². The first-order chi connectivity index (χ1) is 16.3. The smallest absolute Gasteiger partial charge is 0.251 e. The summed E-state index contributed by atoms with van der Waals surface area (Å²) in [6, 6.07) is 18.6. The molecule has 0 unspecified atom stereocenters. The van der Waals surface area contributed by atoms with Crippen LogP contribution in [0.2, 0.25) is 0 Å². The number of hydrogen-bond acceptors (Lipinski definition) is 4. The summed E-state index contributed by atoms with van der Waals surface area (Å²) >= 11 is 0. The fraction of sp³-hybridized carbons (Fsp3) is 0.357. The number of anilines is 2. The number of pyridine rings is 1. The van der Waals surface area contributed by atoms with Gasteiger partial charge in [0.2, 0.25) is 0 Å². The third kappa shape index (κ3) is 5.03. The van der Waals surface area contributed by atoms with Crippen molar-refractivity contribution in [3.05, 3.63) is 78.0 Å². The van der Waals surface area contributed by atoms with E-state index in [0.717, 1.165) is 49.2 Å². The molecule has 2 aromatic carbocycles. The van der Waals surface area contributed by atoms with Crippen molar-refractivity contribution in [3.8, 4) is 0 Å². The molecule has 0 saturated carbocycles. The van der Waals surface area contributed by atoms with Crippen LogP contribution in [0.25, 0.3) is 10.8 Å². The molecule has 2 aliphatic rings. The van der Waals surface area contributed by atoms with Crippen LogP contribution in [0.4, 0.5) is 11.5 Å². The Bertz CT molecular complexity index is 1130. The van der Waals surface area contributed by atoms with Crippen molar-refractivity contribution in [3.63, 3.8) is 0 Å². The van der Waals surface area contributed by atoms with Crippen molar-refractivity contribution in [1.82, 2.24) is 10.3 Å². The Morgan fingerprint density at radius 3 is 2.55 bits per heavy atom. The molecule has 1 saturated heterocycles. The minimum Gasteiger partial charge on any atom is -0.368 e. The lowest BCUT2D eigenvalue weighted by atomic mass is 9.97. The zero-order valence-corrected chi connectivity index (χ0v) is 19.2. The number of carbonyl (C=O) groups is 1. The maximum atomic E-state index is 12.8. The number of piperazine rings is 1. The molecule has 3 aromatic rings. The molecule has 5 heteroatoms. The highest BCUT2D eigenvalue weighted by Gasteiger charge is 2.20. The van der Waals surface area contributed by atoms with E-state index in [0.29, 0.717) is 12.1 Å². The van der Waals surface area contributed by atoms with Gasteiger partial charge in [0.25, 0.3) is 5.91 Å². The van der Waals surface area contributed by atoms with Crippen molar-refractivity contribution in [1.29, 1.82) is 0 Å². The molecule has 0 bridgehead atoms. The van der Waals surface area contributed by atoms with E-state index in [4.69, 9.17) is 4.98 Å². The Hall–Kier alpha value is -3.34. The lowest BCUT2D eigenvalue weighted by Gasteiger charge is -2.37. The van der Waals surface area contributed by atoms with Gasteiger partial charge in [-0.25, -0.2) is 4.98 Å². The average Bonchev–Trinajstić information content (AvgIpc) is 2.89. The number of allylic oxidation sites excluding steroid dienone is 1. The van der Waals surface area contributed by atoms with E-state index >= 15 is 0 Å². The van der Waals surface area contributed by atoms with Crippen LogP contribution in [0.15, 0.2) is 72.4 Å². The van der Waals surface area contributed by atoms with Crippen molar-refractivity contribution in [2.45, 2.75) is 32.1 Å². The summed E-state index contributed by atoms with van der Waals surface area (Å²) in [6.45, 7) is 4.43. The highest BCUT2D eigenvalue weighted by atomic mass is 16.1.